The molecule has 2 aliphatic rings. The number of nitrogens with zero attached hydrogens (tertiary/aromatic N) is 4. The molecule has 1 saturated carbocycles. The zero-order valence-corrected chi connectivity index (χ0v) is 22.4. The molecule has 1 saturated heterocycles. The van der Waals surface area contributed by atoms with Gasteiger partial charge in [-0.25, -0.2) is 9.97 Å². The van der Waals surface area contributed by atoms with E-state index in [-0.39, 0.29) is 39.6 Å². The van der Waals surface area contributed by atoms with Crippen LogP contribution in [0, 0.1) is 5.92 Å². The molecule has 14 heteroatoms. The van der Waals surface area contributed by atoms with E-state index in [9.17, 15) is 18.0 Å². The molecular weight excluding hydrogens is 558 g/mol. The highest BCUT2D eigenvalue weighted by Gasteiger charge is 2.33. The number of primary amides is 1. The minimum atomic E-state index is -4.60. The first-order valence-electron chi connectivity index (χ1n) is 12.8. The number of nitrogens with one attached hydrogen (secondary N) is 2. The van der Waals surface area contributed by atoms with E-state index in [0.29, 0.717) is 55.4 Å². The van der Waals surface area contributed by atoms with Crippen molar-refractivity contribution in [2.24, 2.45) is 11.7 Å². The molecule has 0 spiro atoms. The molecule has 1 aliphatic carbocycles. The normalized spacial score (nSPS) is 22.4. The number of fused-ring (bicyclic) bond motifs is 1. The van der Waals surface area contributed by atoms with Crippen LogP contribution >= 0.6 is 23.2 Å². The van der Waals surface area contributed by atoms with Gasteiger partial charge in [0, 0.05) is 31.2 Å². The molecule has 0 radical (unpaired) electrons. The van der Waals surface area contributed by atoms with Gasteiger partial charge in [0.1, 0.15) is 5.52 Å². The summed E-state index contributed by atoms with van der Waals surface area (Å²) in [6, 6.07) is 1.70. The molecule has 3 heterocycles. The predicted octanol–water partition coefficient (Wildman–Crippen LogP) is 6.09. The number of alkyl halides is 3. The van der Waals surface area contributed by atoms with Crippen LogP contribution in [0.3, 0.4) is 0 Å². The first kappa shape index (κ1) is 27.7. The fourth-order valence-electron chi connectivity index (χ4n) is 5.21. The molecule has 1 aliphatic heterocycles. The lowest BCUT2D eigenvalue weighted by Crippen LogP contribution is -2.29. The fraction of sp³-hybridized carbons (Fsp3) is 0.520. The number of carbonyl (C=O) groups excluding carboxylic acids is 1. The summed E-state index contributed by atoms with van der Waals surface area (Å²) < 4.78 is 47.2. The Hall–Kier alpha value is -2.83. The molecular formula is C25H28Cl2F3N7O2. The Bertz CT molecular complexity index is 1330. The van der Waals surface area contributed by atoms with E-state index in [0.717, 1.165) is 38.0 Å². The van der Waals surface area contributed by atoms with E-state index in [1.54, 1.807) is 6.20 Å². The van der Waals surface area contributed by atoms with Gasteiger partial charge in [0.05, 0.1) is 27.5 Å². The van der Waals surface area contributed by atoms with Crippen molar-refractivity contribution in [3.8, 4) is 0 Å². The molecule has 2 aromatic heterocycles. The number of anilines is 3. The molecule has 0 bridgehead atoms. The van der Waals surface area contributed by atoms with Gasteiger partial charge in [-0.3, -0.25) is 9.36 Å². The zero-order valence-electron chi connectivity index (χ0n) is 20.9. The first-order valence-corrected chi connectivity index (χ1v) is 13.6. The van der Waals surface area contributed by atoms with Crippen LogP contribution in [0.2, 0.25) is 10.0 Å². The number of ether oxygens (including phenoxy) is 1. The third kappa shape index (κ3) is 6.17. The number of benzene rings is 1. The van der Waals surface area contributed by atoms with Gasteiger partial charge >= 0.3 is 6.18 Å². The van der Waals surface area contributed by atoms with Crippen LogP contribution < -0.4 is 16.4 Å². The van der Waals surface area contributed by atoms with Gasteiger partial charge in [0.2, 0.25) is 17.8 Å². The van der Waals surface area contributed by atoms with Crippen molar-refractivity contribution in [3.63, 3.8) is 0 Å². The van der Waals surface area contributed by atoms with Crippen molar-refractivity contribution in [2.75, 3.05) is 23.8 Å². The standard InChI is InChI=1S/C25H28Cl2F3N7O2/c26-17-10-14(25(28,29)30)11-18(27)20(17)35-24-34-19-12-32-23(33-15-2-1-8-39-9-7-15)36-22(19)37(24)16-5-3-13(4-6-16)21(31)38/h10-13,15-16H,1-9H2,(H2,31,38)(H,34,35)(H,32,33,36). The topological polar surface area (TPSA) is 120 Å². The molecule has 5 rings (SSSR count). The second-order valence-corrected chi connectivity index (χ2v) is 10.8. The summed E-state index contributed by atoms with van der Waals surface area (Å²) in [5, 5.41) is 6.03. The molecule has 9 nitrogen and oxygen atoms in total. The Morgan fingerprint density at radius 3 is 2.44 bits per heavy atom. The monoisotopic (exact) mass is 585 g/mol. The van der Waals surface area contributed by atoms with E-state index in [2.05, 4.69) is 20.6 Å². The van der Waals surface area contributed by atoms with Crippen molar-refractivity contribution in [1.82, 2.24) is 19.5 Å². The molecule has 1 atom stereocenters. The Morgan fingerprint density at radius 1 is 1.05 bits per heavy atom. The second-order valence-electron chi connectivity index (χ2n) is 9.94. The highest BCUT2D eigenvalue weighted by atomic mass is 35.5. The molecule has 210 valence electrons. The van der Waals surface area contributed by atoms with Crippen LogP contribution in [0.1, 0.15) is 56.6 Å². The zero-order chi connectivity index (χ0) is 27.7. The van der Waals surface area contributed by atoms with Gasteiger partial charge in [-0.15, -0.1) is 0 Å². The third-order valence-corrected chi connectivity index (χ3v) is 7.88. The van der Waals surface area contributed by atoms with Crippen molar-refractivity contribution in [1.29, 1.82) is 0 Å². The van der Waals surface area contributed by atoms with Gasteiger partial charge in [-0.2, -0.15) is 18.2 Å². The minimum absolute atomic E-state index is 0.0958. The Balaban J connectivity index is 1.52. The maximum atomic E-state index is 13.3. The fourth-order valence-corrected chi connectivity index (χ4v) is 5.79. The number of nitrogens with two attached hydrogens (primary N) is 1. The van der Waals surface area contributed by atoms with E-state index < -0.39 is 11.7 Å². The number of halogens is 5. The third-order valence-electron chi connectivity index (χ3n) is 7.29. The Morgan fingerprint density at radius 2 is 1.77 bits per heavy atom. The summed E-state index contributed by atoms with van der Waals surface area (Å²) >= 11 is 12.5. The lowest BCUT2D eigenvalue weighted by Gasteiger charge is -2.29. The second kappa shape index (κ2) is 11.3. The number of hydrogen-bond donors (Lipinski definition) is 3. The lowest BCUT2D eigenvalue weighted by molar-refractivity contribution is -0.137. The summed E-state index contributed by atoms with van der Waals surface area (Å²) in [5.41, 5.74) is 5.71. The summed E-state index contributed by atoms with van der Waals surface area (Å²) in [4.78, 5) is 25.6. The highest BCUT2D eigenvalue weighted by Crippen LogP contribution is 2.42. The van der Waals surface area contributed by atoms with E-state index in [1.165, 1.54) is 0 Å². The number of carbonyl (C=O) groups is 1. The molecule has 3 aromatic rings. The van der Waals surface area contributed by atoms with E-state index in [1.807, 2.05) is 4.57 Å². The number of aromatic nitrogens is 4. The molecule has 1 amide bonds. The number of rotatable bonds is 6. The number of imidazole rings is 1. The predicted molar refractivity (Wildman–Crippen MR) is 142 cm³/mol. The summed E-state index contributed by atoms with van der Waals surface area (Å²) in [5.74, 6) is 0.214. The van der Waals surface area contributed by atoms with E-state index >= 15 is 0 Å². The van der Waals surface area contributed by atoms with Crippen LogP contribution in [-0.4, -0.2) is 44.7 Å². The highest BCUT2D eigenvalue weighted by molar-refractivity contribution is 6.39. The van der Waals surface area contributed by atoms with Crippen molar-refractivity contribution >= 4 is 57.9 Å². The quantitative estimate of drug-likeness (QED) is 0.320. The number of hydrogen-bond acceptors (Lipinski definition) is 7. The van der Waals surface area contributed by atoms with Crippen LogP contribution in [0.25, 0.3) is 11.2 Å². The average Bonchev–Trinajstić information content (AvgIpc) is 3.03. The summed E-state index contributed by atoms with van der Waals surface area (Å²) in [6.07, 6.45) is 2.15. The molecule has 2 fully saturated rings. The smallest absolute Gasteiger partial charge is 0.381 e. The first-order chi connectivity index (χ1) is 18.6. The SMILES string of the molecule is NC(=O)C1CCC(n2c(Nc3c(Cl)cc(C(F)(F)F)cc3Cl)nc3cnc(NC4CCCOCC4)nc32)CC1. The van der Waals surface area contributed by atoms with Crippen molar-refractivity contribution in [3.05, 3.63) is 33.9 Å². The Labute approximate surface area is 232 Å². The van der Waals surface area contributed by atoms with Gasteiger partial charge in [-0.05, 0) is 57.1 Å². The van der Waals surface area contributed by atoms with Crippen molar-refractivity contribution in [2.45, 2.75) is 63.2 Å². The van der Waals surface area contributed by atoms with E-state index in [4.69, 9.17) is 38.7 Å². The van der Waals surface area contributed by atoms with Gasteiger partial charge < -0.3 is 21.1 Å². The lowest BCUT2D eigenvalue weighted by atomic mass is 9.85. The minimum Gasteiger partial charge on any atom is -0.381 e. The summed E-state index contributed by atoms with van der Waals surface area (Å²) in [7, 11) is 0. The average molecular weight is 586 g/mol. The van der Waals surface area contributed by atoms with Crippen molar-refractivity contribution < 1.29 is 22.7 Å². The van der Waals surface area contributed by atoms with Crippen LogP contribution in [-0.2, 0) is 15.7 Å². The van der Waals surface area contributed by atoms with Gasteiger partial charge in [0.25, 0.3) is 0 Å². The molecule has 1 unspecified atom stereocenters. The maximum Gasteiger partial charge on any atom is 0.416 e. The van der Waals surface area contributed by atoms with Gasteiger partial charge in [-0.1, -0.05) is 23.2 Å². The largest absolute Gasteiger partial charge is 0.416 e. The van der Waals surface area contributed by atoms with Crippen LogP contribution in [0.4, 0.5) is 30.8 Å². The number of amides is 1. The maximum absolute atomic E-state index is 13.3. The molecule has 4 N–H and O–H groups in total. The van der Waals surface area contributed by atoms with Crippen LogP contribution in [0.5, 0.6) is 0 Å². The Kier molecular flexibility index (Phi) is 8.06. The van der Waals surface area contributed by atoms with Crippen LogP contribution in [0.15, 0.2) is 18.3 Å². The van der Waals surface area contributed by atoms with Gasteiger partial charge in [0.15, 0.2) is 5.65 Å². The molecule has 39 heavy (non-hydrogen) atoms. The molecule has 1 aromatic carbocycles. The summed E-state index contributed by atoms with van der Waals surface area (Å²) in [6.45, 7) is 1.38.